The van der Waals surface area contributed by atoms with Crippen molar-refractivity contribution in [1.29, 1.82) is 10.8 Å². The minimum Gasteiger partial charge on any atom is -0.222 e. The van der Waals surface area contributed by atoms with Gasteiger partial charge < -0.3 is 0 Å². The van der Waals surface area contributed by atoms with Crippen molar-refractivity contribution in [3.05, 3.63) is 0 Å². The second-order valence-corrected chi connectivity index (χ2v) is 9.20. The van der Waals surface area contributed by atoms with E-state index in [1.165, 1.54) is 0 Å². The van der Waals surface area contributed by atoms with Crippen LogP contribution in [0, 0.1) is 10.8 Å². The summed E-state index contributed by atoms with van der Waals surface area (Å²) in [6.45, 7) is 9.31. The molecule has 5 heteroatoms. The van der Waals surface area contributed by atoms with Crippen LogP contribution in [0.5, 0.6) is 0 Å². The van der Waals surface area contributed by atoms with E-state index in [-0.39, 0.29) is 0 Å². The van der Waals surface area contributed by atoms with Crippen LogP contribution in [0.2, 0.25) is 26.2 Å². The van der Waals surface area contributed by atoms with Crippen LogP contribution in [0.4, 0.5) is 0 Å². The molecule has 0 atom stereocenters. The van der Waals surface area contributed by atoms with E-state index in [1.807, 2.05) is 0 Å². The third-order valence-corrected chi connectivity index (χ3v) is 0. The first-order valence-electron chi connectivity index (χ1n) is 2.91. The van der Waals surface area contributed by atoms with Crippen LogP contribution in [0.3, 0.4) is 0 Å². The number of hydrogen-bond donors (Lipinski definition) is 2. The van der Waals surface area contributed by atoms with Crippen molar-refractivity contribution in [2.75, 3.05) is 0 Å². The predicted octanol–water partition coefficient (Wildman–Crippen LogP) is 1.76. The zero-order valence-electron chi connectivity index (χ0n) is 7.32. The van der Waals surface area contributed by atoms with Crippen LogP contribution >= 0.6 is 0 Å². The Morgan fingerprint density at radius 1 is 0.909 bits per heavy atom. The first-order valence-corrected chi connectivity index (χ1v) is 6.91. The fourth-order valence-electron chi connectivity index (χ4n) is 0. The number of hydrogen-bond acceptors (Lipinski definition) is 4. The maximum atomic E-state index is 8.35. The van der Waals surface area contributed by atoms with Crippen LogP contribution in [-0.2, 0) is 9.59 Å². The molecule has 0 aliphatic heterocycles. The molecule has 0 heterocycles. The average molecular weight is 174 g/mol. The molecule has 0 bridgehead atoms. The molecule has 0 fully saturated rings. The second-order valence-electron chi connectivity index (χ2n) is 3.20. The van der Waals surface area contributed by atoms with E-state index in [2.05, 4.69) is 26.2 Å². The molecule has 0 saturated carbocycles. The number of nitrogens with one attached hydrogen (secondary N) is 2. The fourth-order valence-corrected chi connectivity index (χ4v) is 0. The molecule has 4 nitrogen and oxygen atoms in total. The molecule has 0 saturated heterocycles. The van der Waals surface area contributed by atoms with Crippen molar-refractivity contribution in [3.63, 3.8) is 0 Å². The normalized spacial score (nSPS) is 6.91. The van der Waals surface area contributed by atoms with Crippen LogP contribution in [-0.4, -0.2) is 20.2 Å². The Balaban J connectivity index is -0.0000000933. The lowest BCUT2D eigenvalue weighted by Gasteiger charge is -2.01. The summed E-state index contributed by atoms with van der Waals surface area (Å²) in [6, 6.07) is 0. The second kappa shape index (κ2) is 11.7. The highest BCUT2D eigenvalue weighted by Crippen LogP contribution is 1.94. The van der Waals surface area contributed by atoms with E-state index in [0.717, 1.165) is 12.2 Å². The Labute approximate surface area is 67.7 Å². The van der Waals surface area contributed by atoms with Crippen molar-refractivity contribution in [2.45, 2.75) is 26.2 Å². The van der Waals surface area contributed by atoms with Gasteiger partial charge in [-0.2, -0.15) is 0 Å². The minimum absolute atomic E-state index is 0.611. The van der Waals surface area contributed by atoms with Gasteiger partial charge in [0.25, 0.3) is 0 Å². The summed E-state index contributed by atoms with van der Waals surface area (Å²) >= 11 is 0. The third-order valence-electron chi connectivity index (χ3n) is 0. The molecule has 0 radical (unpaired) electrons. The van der Waals surface area contributed by atoms with Crippen molar-refractivity contribution in [2.24, 2.45) is 0 Å². The van der Waals surface area contributed by atoms with Crippen molar-refractivity contribution < 1.29 is 9.59 Å². The lowest BCUT2D eigenvalue weighted by Crippen LogP contribution is -2.10. The highest BCUT2D eigenvalue weighted by molar-refractivity contribution is 6.74. The summed E-state index contributed by atoms with van der Waals surface area (Å²) < 4.78 is 0. The molecule has 0 aromatic heterocycles. The first kappa shape index (κ1) is 16.5. The zero-order valence-corrected chi connectivity index (χ0v) is 8.32. The Hall–Kier alpha value is -1.02. The molecule has 2 N–H and O–H groups in total. The highest BCUT2D eigenvalue weighted by Gasteiger charge is 1.99. The van der Waals surface area contributed by atoms with Crippen LogP contribution in [0.15, 0.2) is 0 Å². The van der Waals surface area contributed by atoms with Gasteiger partial charge in [0.05, 0.1) is 0 Å². The zero-order chi connectivity index (χ0) is 9.91. The molecule has 0 aliphatic carbocycles. The molecule has 0 aromatic rings. The van der Waals surface area contributed by atoms with Gasteiger partial charge in [0.15, 0.2) is 0 Å². The summed E-state index contributed by atoms with van der Waals surface area (Å²) in [5.41, 5.74) is 0. The van der Waals surface area contributed by atoms with E-state index < -0.39 is 8.07 Å². The molecule has 0 unspecified atom stereocenters. The van der Waals surface area contributed by atoms with Gasteiger partial charge in [-0.3, -0.25) is 0 Å². The Kier molecular flexibility index (Phi) is 17.6. The molecular weight excluding hydrogens is 160 g/mol. The van der Waals surface area contributed by atoms with E-state index in [4.69, 9.17) is 20.4 Å². The maximum Gasteiger partial charge on any atom is 0.231 e. The number of isocyanates is 2. The van der Waals surface area contributed by atoms with Crippen molar-refractivity contribution in [1.82, 2.24) is 0 Å². The van der Waals surface area contributed by atoms with Crippen molar-refractivity contribution in [3.8, 4) is 0 Å². The lowest BCUT2D eigenvalue weighted by atomic mass is 11.7. The SMILES string of the molecule is C[Si](C)(C)C.N=C=O.N=C=O. The largest absolute Gasteiger partial charge is 0.231 e. The van der Waals surface area contributed by atoms with Crippen LogP contribution in [0.1, 0.15) is 0 Å². The van der Waals surface area contributed by atoms with E-state index in [0.29, 0.717) is 0 Å². The molecular formula is C6H14N2O2Si. The predicted molar refractivity (Wildman–Crippen MR) is 46.0 cm³/mol. The van der Waals surface area contributed by atoms with E-state index >= 15 is 0 Å². The molecule has 11 heavy (non-hydrogen) atoms. The molecule has 0 aromatic carbocycles. The fraction of sp³-hybridized carbons (Fsp3) is 0.667. The first-order chi connectivity index (χ1) is 4.83. The van der Waals surface area contributed by atoms with Gasteiger partial charge in [0.2, 0.25) is 12.2 Å². The smallest absolute Gasteiger partial charge is 0.222 e. The number of rotatable bonds is 0. The van der Waals surface area contributed by atoms with Crippen LogP contribution < -0.4 is 0 Å². The third kappa shape index (κ3) is 417. The summed E-state index contributed by atoms with van der Waals surface area (Å²) in [4.78, 5) is 16.7. The molecule has 64 valence electrons. The van der Waals surface area contributed by atoms with Gasteiger partial charge in [0, 0.05) is 8.07 Å². The van der Waals surface area contributed by atoms with Crippen molar-refractivity contribution >= 4 is 20.2 Å². The lowest BCUT2D eigenvalue weighted by molar-refractivity contribution is 0.562. The standard InChI is InChI=1S/C4H12Si.2CHNO/c1-5(2,3)4;2*2-1-3/h1-4H3;2*2H. The Bertz CT molecular complexity index is 121. The van der Waals surface area contributed by atoms with Gasteiger partial charge in [0.1, 0.15) is 0 Å². The summed E-state index contributed by atoms with van der Waals surface area (Å²) in [7, 11) is -0.611. The summed E-state index contributed by atoms with van der Waals surface area (Å²) in [6.07, 6.45) is 1.50. The minimum atomic E-state index is -0.611. The summed E-state index contributed by atoms with van der Waals surface area (Å²) in [5.74, 6) is 0. The molecule has 0 aliphatic rings. The molecule has 0 spiro atoms. The van der Waals surface area contributed by atoms with E-state index in [1.54, 1.807) is 0 Å². The Morgan fingerprint density at radius 3 is 0.909 bits per heavy atom. The van der Waals surface area contributed by atoms with Gasteiger partial charge in [-0.15, -0.1) is 0 Å². The average Bonchev–Trinajstić information content (AvgIpc) is 1.62. The topological polar surface area (TPSA) is 81.8 Å². The Morgan fingerprint density at radius 2 is 0.909 bits per heavy atom. The molecule has 0 rings (SSSR count). The maximum absolute atomic E-state index is 8.35. The van der Waals surface area contributed by atoms with Gasteiger partial charge in [-0.25, -0.2) is 20.4 Å². The highest BCUT2D eigenvalue weighted by atomic mass is 28.3. The quantitative estimate of drug-likeness (QED) is 0.333. The molecule has 0 amide bonds. The van der Waals surface area contributed by atoms with Gasteiger partial charge in [-0.1, -0.05) is 26.2 Å². The monoisotopic (exact) mass is 174 g/mol. The van der Waals surface area contributed by atoms with Crippen LogP contribution in [0.25, 0.3) is 0 Å². The summed E-state index contributed by atoms with van der Waals surface area (Å²) in [5, 5.41) is 10.8. The number of carbonyl (C=O) groups excluding carboxylic acids is 2. The van der Waals surface area contributed by atoms with Gasteiger partial charge >= 0.3 is 0 Å². The van der Waals surface area contributed by atoms with E-state index in [9.17, 15) is 0 Å². The van der Waals surface area contributed by atoms with Gasteiger partial charge in [-0.05, 0) is 0 Å².